The third-order valence-corrected chi connectivity index (χ3v) is 4.45. The van der Waals surface area contributed by atoms with Crippen molar-refractivity contribution < 1.29 is 19.1 Å². The Kier molecular flexibility index (Phi) is 5.19. The summed E-state index contributed by atoms with van der Waals surface area (Å²) in [5.41, 5.74) is 2.15. The second-order valence-corrected chi connectivity index (χ2v) is 6.34. The average molecular weight is 342 g/mol. The summed E-state index contributed by atoms with van der Waals surface area (Å²) in [6.07, 6.45) is 1.43. The lowest BCUT2D eigenvalue weighted by atomic mass is 10.1. The van der Waals surface area contributed by atoms with E-state index in [2.05, 4.69) is 5.32 Å². The standard InChI is InChI=1S/C19H22N2O4/c1-13-4-6-14(7-5-13)12-21-15(8-9-18(21)23)19(24)20-11-16(22)17-3-2-10-25-17/h2-7,10,15-16,22H,8-9,11-12H2,1H3,(H,20,24)/t15-,16-/m1/s1. The van der Waals surface area contributed by atoms with Gasteiger partial charge in [-0.1, -0.05) is 29.8 Å². The van der Waals surface area contributed by atoms with Crippen LogP contribution in [-0.2, 0) is 16.1 Å². The molecule has 2 amide bonds. The van der Waals surface area contributed by atoms with E-state index in [9.17, 15) is 14.7 Å². The molecule has 0 bridgehead atoms. The fourth-order valence-corrected chi connectivity index (χ4v) is 2.99. The van der Waals surface area contributed by atoms with E-state index in [0.717, 1.165) is 11.1 Å². The lowest BCUT2D eigenvalue weighted by Crippen LogP contribution is -2.45. The number of carbonyl (C=O) groups is 2. The van der Waals surface area contributed by atoms with Gasteiger partial charge in [0.15, 0.2) is 0 Å². The summed E-state index contributed by atoms with van der Waals surface area (Å²) >= 11 is 0. The van der Waals surface area contributed by atoms with Crippen LogP contribution in [-0.4, -0.2) is 34.4 Å². The number of rotatable bonds is 6. The number of aliphatic hydroxyl groups is 1. The maximum absolute atomic E-state index is 12.5. The second-order valence-electron chi connectivity index (χ2n) is 6.34. The molecular formula is C19H22N2O4. The van der Waals surface area contributed by atoms with Gasteiger partial charge in [0, 0.05) is 13.0 Å². The molecule has 0 unspecified atom stereocenters. The van der Waals surface area contributed by atoms with Crippen LogP contribution in [0.25, 0.3) is 0 Å². The van der Waals surface area contributed by atoms with Crippen molar-refractivity contribution >= 4 is 11.8 Å². The van der Waals surface area contributed by atoms with Crippen molar-refractivity contribution in [2.45, 2.75) is 38.5 Å². The average Bonchev–Trinajstić information content (AvgIpc) is 3.25. The molecule has 1 aliphatic rings. The topological polar surface area (TPSA) is 82.8 Å². The number of nitrogens with zero attached hydrogens (tertiary/aromatic N) is 1. The molecule has 2 aromatic rings. The number of carbonyl (C=O) groups excluding carboxylic acids is 2. The van der Waals surface area contributed by atoms with E-state index >= 15 is 0 Å². The normalized spacial score (nSPS) is 18.4. The quantitative estimate of drug-likeness (QED) is 0.840. The molecule has 0 aliphatic carbocycles. The maximum atomic E-state index is 12.5. The first-order chi connectivity index (χ1) is 12.0. The Hall–Kier alpha value is -2.60. The predicted octanol–water partition coefficient (Wildman–Crippen LogP) is 1.93. The highest BCUT2D eigenvalue weighted by molar-refractivity contribution is 5.90. The van der Waals surface area contributed by atoms with Crippen LogP contribution in [0, 0.1) is 6.92 Å². The molecule has 0 saturated carbocycles. The summed E-state index contributed by atoms with van der Waals surface area (Å²) in [6.45, 7) is 2.47. The Balaban J connectivity index is 1.60. The molecule has 0 spiro atoms. The van der Waals surface area contributed by atoms with E-state index < -0.39 is 12.1 Å². The summed E-state index contributed by atoms with van der Waals surface area (Å²) in [4.78, 5) is 26.3. The van der Waals surface area contributed by atoms with Crippen molar-refractivity contribution in [3.05, 3.63) is 59.5 Å². The third kappa shape index (κ3) is 4.09. The number of nitrogens with one attached hydrogen (secondary N) is 1. The number of aliphatic hydroxyl groups excluding tert-OH is 1. The van der Waals surface area contributed by atoms with Gasteiger partial charge in [-0.3, -0.25) is 9.59 Å². The minimum absolute atomic E-state index is 0.0210. The minimum Gasteiger partial charge on any atom is -0.467 e. The van der Waals surface area contributed by atoms with E-state index in [1.807, 2.05) is 31.2 Å². The molecule has 1 aliphatic heterocycles. The molecule has 6 nitrogen and oxygen atoms in total. The highest BCUT2D eigenvalue weighted by Crippen LogP contribution is 2.22. The zero-order valence-corrected chi connectivity index (χ0v) is 14.1. The van der Waals surface area contributed by atoms with Crippen LogP contribution in [0.1, 0.15) is 35.8 Å². The number of amides is 2. The lowest BCUT2D eigenvalue weighted by molar-refractivity contribution is -0.136. The monoisotopic (exact) mass is 342 g/mol. The Morgan fingerprint density at radius 2 is 2.12 bits per heavy atom. The molecular weight excluding hydrogens is 320 g/mol. The lowest BCUT2D eigenvalue weighted by Gasteiger charge is -2.24. The second kappa shape index (κ2) is 7.53. The van der Waals surface area contributed by atoms with Crippen molar-refractivity contribution in [2.75, 3.05) is 6.54 Å². The molecule has 1 aromatic heterocycles. The van der Waals surface area contributed by atoms with Gasteiger partial charge in [0.05, 0.1) is 12.8 Å². The number of benzene rings is 1. The van der Waals surface area contributed by atoms with Gasteiger partial charge < -0.3 is 19.7 Å². The van der Waals surface area contributed by atoms with Crippen molar-refractivity contribution in [2.24, 2.45) is 0 Å². The molecule has 2 heterocycles. The van der Waals surface area contributed by atoms with Crippen LogP contribution >= 0.6 is 0 Å². The Morgan fingerprint density at radius 1 is 1.36 bits per heavy atom. The van der Waals surface area contributed by atoms with Crippen LogP contribution < -0.4 is 5.32 Å². The smallest absolute Gasteiger partial charge is 0.242 e. The van der Waals surface area contributed by atoms with Crippen LogP contribution in [0.4, 0.5) is 0 Å². The molecule has 1 aromatic carbocycles. The first-order valence-electron chi connectivity index (χ1n) is 8.39. The van der Waals surface area contributed by atoms with Crippen LogP contribution in [0.5, 0.6) is 0 Å². The Bertz CT molecular complexity index is 724. The van der Waals surface area contributed by atoms with E-state index in [1.165, 1.54) is 6.26 Å². The highest BCUT2D eigenvalue weighted by Gasteiger charge is 2.36. The molecule has 132 valence electrons. The van der Waals surface area contributed by atoms with Gasteiger partial charge in [-0.2, -0.15) is 0 Å². The van der Waals surface area contributed by atoms with E-state index in [-0.39, 0.29) is 18.4 Å². The number of furan rings is 1. The fraction of sp³-hybridized carbons (Fsp3) is 0.368. The molecule has 2 atom stereocenters. The number of likely N-dealkylation sites (tertiary alicyclic amines) is 1. The third-order valence-electron chi connectivity index (χ3n) is 4.45. The van der Waals surface area contributed by atoms with Crippen LogP contribution in [0.3, 0.4) is 0 Å². The predicted molar refractivity (Wildman–Crippen MR) is 91.4 cm³/mol. The van der Waals surface area contributed by atoms with Gasteiger partial charge in [0.2, 0.25) is 11.8 Å². The SMILES string of the molecule is Cc1ccc(CN2C(=O)CC[C@@H]2C(=O)NC[C@@H](O)c2ccco2)cc1. The van der Waals surface area contributed by atoms with E-state index in [1.54, 1.807) is 17.0 Å². The summed E-state index contributed by atoms with van der Waals surface area (Å²) in [7, 11) is 0. The molecule has 1 saturated heterocycles. The van der Waals surface area contributed by atoms with Gasteiger partial charge >= 0.3 is 0 Å². The minimum atomic E-state index is -0.901. The van der Waals surface area contributed by atoms with Crippen LogP contribution in [0.15, 0.2) is 47.1 Å². The van der Waals surface area contributed by atoms with Crippen molar-refractivity contribution in [3.63, 3.8) is 0 Å². The summed E-state index contributed by atoms with van der Waals surface area (Å²) < 4.78 is 5.11. The number of hydrogen-bond acceptors (Lipinski definition) is 4. The Morgan fingerprint density at radius 3 is 2.80 bits per heavy atom. The van der Waals surface area contributed by atoms with Crippen LogP contribution in [0.2, 0.25) is 0 Å². The zero-order chi connectivity index (χ0) is 17.8. The summed E-state index contributed by atoms with van der Waals surface area (Å²) in [5, 5.41) is 12.7. The first-order valence-corrected chi connectivity index (χ1v) is 8.39. The molecule has 0 radical (unpaired) electrons. The largest absolute Gasteiger partial charge is 0.467 e. The Labute approximate surface area is 146 Å². The summed E-state index contributed by atoms with van der Waals surface area (Å²) in [6, 6.07) is 10.7. The molecule has 1 fully saturated rings. The van der Waals surface area contributed by atoms with E-state index in [0.29, 0.717) is 25.1 Å². The molecule has 3 rings (SSSR count). The van der Waals surface area contributed by atoms with Gasteiger partial charge in [0.1, 0.15) is 17.9 Å². The van der Waals surface area contributed by atoms with E-state index in [4.69, 9.17) is 4.42 Å². The van der Waals surface area contributed by atoms with Gasteiger partial charge in [0.25, 0.3) is 0 Å². The first kappa shape index (κ1) is 17.2. The fourth-order valence-electron chi connectivity index (χ4n) is 2.99. The van der Waals surface area contributed by atoms with Gasteiger partial charge in [-0.25, -0.2) is 0 Å². The zero-order valence-electron chi connectivity index (χ0n) is 14.1. The summed E-state index contributed by atoms with van der Waals surface area (Å²) in [5.74, 6) is 0.134. The molecule has 2 N–H and O–H groups in total. The molecule has 6 heteroatoms. The van der Waals surface area contributed by atoms with Crippen molar-refractivity contribution in [3.8, 4) is 0 Å². The number of aryl methyl sites for hydroxylation is 1. The number of hydrogen-bond donors (Lipinski definition) is 2. The maximum Gasteiger partial charge on any atom is 0.242 e. The highest BCUT2D eigenvalue weighted by atomic mass is 16.4. The van der Waals surface area contributed by atoms with Crippen molar-refractivity contribution in [1.29, 1.82) is 0 Å². The molecule has 25 heavy (non-hydrogen) atoms. The van der Waals surface area contributed by atoms with Gasteiger partial charge in [-0.05, 0) is 31.0 Å². The van der Waals surface area contributed by atoms with Gasteiger partial charge in [-0.15, -0.1) is 0 Å². The van der Waals surface area contributed by atoms with Crippen molar-refractivity contribution in [1.82, 2.24) is 10.2 Å².